The highest BCUT2D eigenvalue weighted by Gasteiger charge is 2.72. The minimum Gasteiger partial charge on any atom is -0.362 e. The summed E-state index contributed by atoms with van der Waals surface area (Å²) in [6, 6.07) is 14.0. The highest BCUT2D eigenvalue weighted by molar-refractivity contribution is 6.15. The predicted molar refractivity (Wildman–Crippen MR) is 77.1 cm³/mol. The average Bonchev–Trinajstić information content (AvgIpc) is 2.84. The Hall–Kier alpha value is -2.70. The maximum absolute atomic E-state index is 12.5. The summed E-state index contributed by atoms with van der Waals surface area (Å²) in [5, 5.41) is 24.1. The van der Waals surface area contributed by atoms with Crippen LogP contribution in [0.1, 0.15) is 15.9 Å². The summed E-state index contributed by atoms with van der Waals surface area (Å²) in [5.41, 5.74) is -3.82. The lowest BCUT2D eigenvalue weighted by atomic mass is 9.98. The molecular formula is C16H12N2O4. The zero-order chi connectivity index (χ0) is 15.5. The molecule has 0 saturated carbocycles. The molecule has 0 unspecified atom stereocenters. The van der Waals surface area contributed by atoms with Gasteiger partial charge in [0.2, 0.25) is 11.5 Å². The minimum atomic E-state index is -2.40. The molecule has 6 heteroatoms. The number of hydrogen-bond donors (Lipinski definition) is 3. The second kappa shape index (κ2) is 3.94. The Bertz CT molecular complexity index is 807. The van der Waals surface area contributed by atoms with Crippen molar-refractivity contribution in [3.8, 4) is 0 Å². The Morgan fingerprint density at radius 1 is 0.909 bits per heavy atom. The molecule has 2 aromatic carbocycles. The van der Waals surface area contributed by atoms with Gasteiger partial charge in [0.05, 0.1) is 0 Å². The fraction of sp³-hybridized carbons (Fsp3) is 0.125. The first-order valence-corrected chi connectivity index (χ1v) is 6.76. The number of carbonyl (C=O) groups is 2. The number of fused-ring (bicyclic) bond motifs is 3. The van der Waals surface area contributed by atoms with Crippen molar-refractivity contribution >= 4 is 17.5 Å². The number of Topliss-reactive ketones (excluding diaryl/α,β-unsaturated/α-hetero) is 1. The van der Waals surface area contributed by atoms with Crippen molar-refractivity contribution in [1.29, 1.82) is 0 Å². The summed E-state index contributed by atoms with van der Waals surface area (Å²) < 4.78 is 0. The number of benzene rings is 2. The Morgan fingerprint density at radius 2 is 1.55 bits per heavy atom. The summed E-state index contributed by atoms with van der Waals surface area (Å²) in [4.78, 5) is 25.8. The van der Waals surface area contributed by atoms with Gasteiger partial charge in [0.1, 0.15) is 0 Å². The van der Waals surface area contributed by atoms with E-state index < -0.39 is 23.3 Å². The number of aliphatic hydroxyl groups is 2. The monoisotopic (exact) mass is 296 g/mol. The van der Waals surface area contributed by atoms with Gasteiger partial charge in [-0.2, -0.15) is 0 Å². The van der Waals surface area contributed by atoms with Gasteiger partial charge in [-0.3, -0.25) is 15.0 Å². The van der Waals surface area contributed by atoms with Crippen molar-refractivity contribution in [3.63, 3.8) is 0 Å². The standard InChI is InChI=1S/C16H12N2O4/c19-13-11-8-4-5-9-12(11)16(22)15(13,21)17-14(20)18(16)10-6-2-1-3-7-10/h1-9,21-22H,(H,17,20)/t15-,16+/m1/s1. The number of urea groups is 1. The zero-order valence-electron chi connectivity index (χ0n) is 11.4. The van der Waals surface area contributed by atoms with Crippen molar-refractivity contribution in [2.24, 2.45) is 0 Å². The van der Waals surface area contributed by atoms with E-state index in [0.717, 1.165) is 4.90 Å². The number of nitrogens with one attached hydrogen (secondary N) is 1. The van der Waals surface area contributed by atoms with Crippen LogP contribution in [-0.4, -0.2) is 27.8 Å². The molecule has 0 aromatic heterocycles. The molecule has 0 radical (unpaired) electrons. The van der Waals surface area contributed by atoms with Crippen LogP contribution in [0.4, 0.5) is 10.5 Å². The number of amides is 2. The van der Waals surface area contributed by atoms with E-state index >= 15 is 0 Å². The predicted octanol–water partition coefficient (Wildman–Crippen LogP) is 0.946. The van der Waals surface area contributed by atoms with E-state index in [2.05, 4.69) is 5.32 Å². The Balaban J connectivity index is 2.01. The normalized spacial score (nSPS) is 29.3. The molecule has 2 atom stereocenters. The molecule has 2 aromatic rings. The van der Waals surface area contributed by atoms with Crippen molar-refractivity contribution in [2.45, 2.75) is 11.4 Å². The first-order valence-electron chi connectivity index (χ1n) is 6.76. The van der Waals surface area contributed by atoms with Crippen LogP contribution in [-0.2, 0) is 5.72 Å². The van der Waals surface area contributed by atoms with Gasteiger partial charge in [-0.15, -0.1) is 0 Å². The molecule has 0 bridgehead atoms. The number of ketones is 1. The van der Waals surface area contributed by atoms with Gasteiger partial charge in [0, 0.05) is 16.8 Å². The van der Waals surface area contributed by atoms with E-state index in [1.165, 1.54) is 12.1 Å². The third-order valence-corrected chi connectivity index (χ3v) is 4.21. The molecular weight excluding hydrogens is 284 g/mol. The van der Waals surface area contributed by atoms with Gasteiger partial charge < -0.3 is 10.2 Å². The lowest BCUT2D eigenvalue weighted by Crippen LogP contribution is -2.59. The SMILES string of the molecule is O=C1N[C@@]2(O)C(=O)c3ccccc3[C@@]2(O)N1c1ccccc1. The van der Waals surface area contributed by atoms with Crippen LogP contribution in [0.3, 0.4) is 0 Å². The van der Waals surface area contributed by atoms with Gasteiger partial charge in [-0.05, 0) is 12.1 Å². The number of rotatable bonds is 1. The maximum atomic E-state index is 12.5. The highest BCUT2D eigenvalue weighted by Crippen LogP contribution is 2.50. The molecule has 22 heavy (non-hydrogen) atoms. The minimum absolute atomic E-state index is 0.188. The van der Waals surface area contributed by atoms with Gasteiger partial charge in [-0.1, -0.05) is 42.5 Å². The summed E-state index contributed by atoms with van der Waals surface area (Å²) in [6.45, 7) is 0. The van der Waals surface area contributed by atoms with E-state index in [0.29, 0.717) is 5.69 Å². The van der Waals surface area contributed by atoms with Crippen LogP contribution in [0.25, 0.3) is 0 Å². The van der Waals surface area contributed by atoms with E-state index in [1.807, 2.05) is 0 Å². The van der Waals surface area contributed by atoms with E-state index in [4.69, 9.17) is 0 Å². The van der Waals surface area contributed by atoms with Gasteiger partial charge in [0.25, 0.3) is 5.72 Å². The van der Waals surface area contributed by atoms with Gasteiger partial charge >= 0.3 is 6.03 Å². The van der Waals surface area contributed by atoms with Gasteiger partial charge in [0.15, 0.2) is 0 Å². The van der Waals surface area contributed by atoms with Crippen LogP contribution in [0, 0.1) is 0 Å². The van der Waals surface area contributed by atoms with Crippen molar-refractivity contribution in [1.82, 2.24) is 5.32 Å². The molecule has 1 aliphatic carbocycles. The molecule has 1 heterocycles. The largest absolute Gasteiger partial charge is 0.362 e. The van der Waals surface area contributed by atoms with Crippen LogP contribution in [0.2, 0.25) is 0 Å². The Morgan fingerprint density at radius 3 is 2.27 bits per heavy atom. The lowest BCUT2D eigenvalue weighted by Gasteiger charge is -2.34. The molecule has 110 valence electrons. The topological polar surface area (TPSA) is 89.9 Å². The molecule has 2 aliphatic rings. The number of anilines is 1. The molecule has 6 nitrogen and oxygen atoms in total. The zero-order valence-corrected chi connectivity index (χ0v) is 11.4. The highest BCUT2D eigenvalue weighted by atomic mass is 16.4. The number of nitrogens with zero attached hydrogens (tertiary/aromatic N) is 1. The lowest BCUT2D eigenvalue weighted by molar-refractivity contribution is -0.109. The van der Waals surface area contributed by atoms with Crippen LogP contribution < -0.4 is 10.2 Å². The van der Waals surface area contributed by atoms with E-state index in [-0.39, 0.29) is 11.1 Å². The summed E-state index contributed by atoms with van der Waals surface area (Å²) >= 11 is 0. The molecule has 1 saturated heterocycles. The number of para-hydroxylation sites is 1. The fourth-order valence-electron chi connectivity index (χ4n) is 3.20. The second-order valence-corrected chi connectivity index (χ2v) is 5.36. The van der Waals surface area contributed by atoms with Crippen molar-refractivity contribution in [2.75, 3.05) is 4.90 Å². The van der Waals surface area contributed by atoms with Crippen molar-refractivity contribution in [3.05, 3.63) is 65.7 Å². The second-order valence-electron chi connectivity index (χ2n) is 5.36. The van der Waals surface area contributed by atoms with Crippen LogP contribution >= 0.6 is 0 Å². The van der Waals surface area contributed by atoms with Crippen LogP contribution in [0.5, 0.6) is 0 Å². The summed E-state index contributed by atoms with van der Waals surface area (Å²) in [6.07, 6.45) is 0. The third-order valence-electron chi connectivity index (χ3n) is 4.21. The smallest absolute Gasteiger partial charge is 0.327 e. The molecule has 3 N–H and O–H groups in total. The summed E-state index contributed by atoms with van der Waals surface area (Å²) in [7, 11) is 0. The van der Waals surface area contributed by atoms with Gasteiger partial charge in [-0.25, -0.2) is 4.79 Å². The van der Waals surface area contributed by atoms with E-state index in [1.54, 1.807) is 42.5 Å². The Labute approximate surface area is 125 Å². The number of carbonyl (C=O) groups excluding carboxylic acids is 2. The molecule has 1 aliphatic heterocycles. The quantitative estimate of drug-likeness (QED) is 0.731. The summed E-state index contributed by atoms with van der Waals surface area (Å²) in [5.74, 6) is -0.725. The molecule has 4 rings (SSSR count). The third kappa shape index (κ3) is 1.26. The van der Waals surface area contributed by atoms with E-state index in [9.17, 15) is 19.8 Å². The first-order chi connectivity index (χ1) is 10.5. The molecule has 0 spiro atoms. The molecule has 1 fully saturated rings. The first kappa shape index (κ1) is 13.0. The maximum Gasteiger partial charge on any atom is 0.327 e. The Kier molecular flexibility index (Phi) is 2.33. The fourth-order valence-corrected chi connectivity index (χ4v) is 3.20. The van der Waals surface area contributed by atoms with Crippen molar-refractivity contribution < 1.29 is 19.8 Å². The molecule has 2 amide bonds. The average molecular weight is 296 g/mol. The number of hydrogen-bond acceptors (Lipinski definition) is 4. The van der Waals surface area contributed by atoms with Crippen LogP contribution in [0.15, 0.2) is 54.6 Å².